The number of rotatable bonds is 6. The molecule has 0 aliphatic heterocycles. The van der Waals surface area contributed by atoms with Crippen LogP contribution in [-0.4, -0.2) is 28.8 Å². The zero-order valence-electron chi connectivity index (χ0n) is 14.7. The van der Waals surface area contributed by atoms with Crippen LogP contribution in [0.2, 0.25) is 0 Å². The second-order valence-corrected chi connectivity index (χ2v) is 6.78. The van der Waals surface area contributed by atoms with Crippen LogP contribution in [0.4, 0.5) is 15.9 Å². The zero-order chi connectivity index (χ0) is 19.6. The highest BCUT2D eigenvalue weighted by atomic mass is 32.1. The number of nitrogens with one attached hydrogen (secondary N) is 2. The summed E-state index contributed by atoms with van der Waals surface area (Å²) in [7, 11) is 1.50. The van der Waals surface area contributed by atoms with Gasteiger partial charge in [-0.1, -0.05) is 6.07 Å². The van der Waals surface area contributed by atoms with Gasteiger partial charge in [-0.05, 0) is 36.1 Å². The summed E-state index contributed by atoms with van der Waals surface area (Å²) in [5.41, 5.74) is 2.96. The summed E-state index contributed by atoms with van der Waals surface area (Å²) < 4.78 is 16.0. The molecule has 1 amide bonds. The summed E-state index contributed by atoms with van der Waals surface area (Å²) in [4.78, 5) is 30.2. The lowest BCUT2D eigenvalue weighted by atomic mass is 10.1. The first kappa shape index (κ1) is 19.0. The molecular weight excluding hydrogens is 373 g/mol. The third kappa shape index (κ3) is 3.70. The molecule has 0 radical (unpaired) electrons. The predicted octanol–water partition coefficient (Wildman–Crippen LogP) is 2.44. The summed E-state index contributed by atoms with van der Waals surface area (Å²) in [5.74, 6) is -0.971. The largest absolute Gasteiger partial charge is 0.394 e. The number of nitrogens with zero attached hydrogens (tertiary/aromatic N) is 1. The fraction of sp³-hybridized carbons (Fsp3) is 0.222. The Labute approximate surface area is 158 Å². The number of carbonyl (C=O) groups is 1. The highest BCUT2D eigenvalue weighted by Crippen LogP contribution is 2.30. The smallest absolute Gasteiger partial charge is 0.280 e. The topological polar surface area (TPSA) is 92.6 Å². The van der Waals surface area contributed by atoms with E-state index in [2.05, 4.69) is 10.8 Å². The molecule has 0 unspecified atom stereocenters. The predicted molar refractivity (Wildman–Crippen MR) is 102 cm³/mol. The van der Waals surface area contributed by atoms with Gasteiger partial charge in [0.2, 0.25) is 0 Å². The van der Waals surface area contributed by atoms with Crippen molar-refractivity contribution in [2.24, 2.45) is 7.05 Å². The van der Waals surface area contributed by atoms with Gasteiger partial charge >= 0.3 is 0 Å². The number of hydrogen-bond acceptors (Lipinski definition) is 6. The fourth-order valence-corrected chi connectivity index (χ4v) is 3.58. The first-order valence-corrected chi connectivity index (χ1v) is 8.98. The molecule has 142 valence electrons. The molecule has 0 aliphatic carbocycles. The van der Waals surface area contributed by atoms with Gasteiger partial charge in [-0.2, -0.15) is 0 Å². The minimum atomic E-state index is -0.610. The Bertz CT molecular complexity index is 1060. The van der Waals surface area contributed by atoms with Crippen molar-refractivity contribution in [3.63, 3.8) is 0 Å². The van der Waals surface area contributed by atoms with E-state index in [1.807, 2.05) is 0 Å². The van der Waals surface area contributed by atoms with E-state index in [9.17, 15) is 14.0 Å². The van der Waals surface area contributed by atoms with E-state index in [0.717, 1.165) is 5.56 Å². The molecule has 27 heavy (non-hydrogen) atoms. The number of aliphatic hydroxyl groups is 1. The monoisotopic (exact) mass is 391 g/mol. The second-order valence-electron chi connectivity index (χ2n) is 5.86. The molecule has 0 bridgehead atoms. The second kappa shape index (κ2) is 7.87. The normalized spacial score (nSPS) is 11.0. The number of aryl methyl sites for hydroxylation is 1. The van der Waals surface area contributed by atoms with E-state index in [1.165, 1.54) is 35.1 Å². The molecule has 1 aromatic carbocycles. The van der Waals surface area contributed by atoms with Crippen LogP contribution in [-0.2, 0) is 11.9 Å². The molecule has 0 saturated heterocycles. The molecule has 3 rings (SSSR count). The molecule has 0 fully saturated rings. The van der Waals surface area contributed by atoms with Crippen LogP contribution >= 0.6 is 11.3 Å². The third-order valence-electron chi connectivity index (χ3n) is 3.96. The van der Waals surface area contributed by atoms with E-state index in [4.69, 9.17) is 9.94 Å². The maximum Gasteiger partial charge on any atom is 0.280 e. The Morgan fingerprint density at radius 1 is 1.37 bits per heavy atom. The maximum absolute atomic E-state index is 14.3. The first-order chi connectivity index (χ1) is 12.9. The number of aromatic nitrogens is 1. The Hall–Kier alpha value is -2.75. The van der Waals surface area contributed by atoms with E-state index >= 15 is 0 Å². The minimum Gasteiger partial charge on any atom is -0.394 e. The molecule has 2 heterocycles. The summed E-state index contributed by atoms with van der Waals surface area (Å²) >= 11 is 1.22. The number of benzene rings is 1. The number of carbonyl (C=O) groups excluding carboxylic acids is 1. The molecule has 0 saturated carbocycles. The van der Waals surface area contributed by atoms with E-state index < -0.39 is 11.7 Å². The van der Waals surface area contributed by atoms with Gasteiger partial charge in [0.25, 0.3) is 11.5 Å². The number of hydroxylamine groups is 1. The van der Waals surface area contributed by atoms with Crippen LogP contribution in [0.5, 0.6) is 0 Å². The standard InChI is InChI=1S/C18H18FN3O4S/c1-10-3-4-13(12(19)9-10)20-16-14(17(24)21-26-7-6-23)15-11(5-8-27-15)18(25)22(16)2/h3-5,8-9,20,23H,6-7H2,1-2H3,(H,21,24). The minimum absolute atomic E-state index is 0.0829. The van der Waals surface area contributed by atoms with Crippen molar-refractivity contribution in [2.75, 3.05) is 18.5 Å². The van der Waals surface area contributed by atoms with Crippen LogP contribution in [0.25, 0.3) is 10.1 Å². The van der Waals surface area contributed by atoms with Crippen molar-refractivity contribution in [2.45, 2.75) is 6.92 Å². The number of pyridine rings is 1. The van der Waals surface area contributed by atoms with Gasteiger partial charge in [0, 0.05) is 7.05 Å². The highest BCUT2D eigenvalue weighted by molar-refractivity contribution is 7.17. The molecule has 0 spiro atoms. The Morgan fingerprint density at radius 2 is 2.15 bits per heavy atom. The molecule has 2 aromatic heterocycles. The quantitative estimate of drug-likeness (QED) is 0.443. The van der Waals surface area contributed by atoms with E-state index in [-0.39, 0.29) is 35.8 Å². The van der Waals surface area contributed by atoms with Crippen molar-refractivity contribution < 1.29 is 19.1 Å². The van der Waals surface area contributed by atoms with Crippen molar-refractivity contribution >= 4 is 38.8 Å². The molecule has 0 atom stereocenters. The summed E-state index contributed by atoms with van der Waals surface area (Å²) in [5, 5.41) is 13.7. The van der Waals surface area contributed by atoms with Crippen LogP contribution in [0.15, 0.2) is 34.4 Å². The number of fused-ring (bicyclic) bond motifs is 1. The van der Waals surface area contributed by atoms with Gasteiger partial charge in [0.15, 0.2) is 0 Å². The van der Waals surface area contributed by atoms with Crippen LogP contribution in [0.1, 0.15) is 15.9 Å². The number of amides is 1. The molecule has 9 heteroatoms. The number of hydrogen-bond donors (Lipinski definition) is 3. The first-order valence-electron chi connectivity index (χ1n) is 8.10. The average Bonchev–Trinajstić information content (AvgIpc) is 3.11. The summed E-state index contributed by atoms with van der Waals surface area (Å²) in [6.07, 6.45) is 0. The summed E-state index contributed by atoms with van der Waals surface area (Å²) in [6, 6.07) is 6.24. The average molecular weight is 391 g/mol. The molecule has 3 aromatic rings. The lowest BCUT2D eigenvalue weighted by molar-refractivity contribution is 0.0170. The van der Waals surface area contributed by atoms with Gasteiger partial charge < -0.3 is 10.4 Å². The Morgan fingerprint density at radius 3 is 2.85 bits per heavy atom. The third-order valence-corrected chi connectivity index (χ3v) is 4.89. The van der Waals surface area contributed by atoms with E-state index in [1.54, 1.807) is 24.4 Å². The van der Waals surface area contributed by atoms with Crippen molar-refractivity contribution in [1.82, 2.24) is 10.0 Å². The number of anilines is 2. The van der Waals surface area contributed by atoms with Gasteiger partial charge in [-0.15, -0.1) is 11.3 Å². The maximum atomic E-state index is 14.3. The van der Waals surface area contributed by atoms with Crippen LogP contribution in [0.3, 0.4) is 0 Å². The van der Waals surface area contributed by atoms with E-state index in [0.29, 0.717) is 10.1 Å². The Kier molecular flexibility index (Phi) is 5.54. The van der Waals surface area contributed by atoms with Gasteiger partial charge in [-0.25, -0.2) is 9.87 Å². The Balaban J connectivity index is 2.14. The van der Waals surface area contributed by atoms with Crippen molar-refractivity contribution in [3.8, 4) is 0 Å². The van der Waals surface area contributed by atoms with Gasteiger partial charge in [-0.3, -0.25) is 19.0 Å². The van der Waals surface area contributed by atoms with Gasteiger partial charge in [0.05, 0.1) is 29.0 Å². The summed E-state index contributed by atoms with van der Waals surface area (Å²) in [6.45, 7) is 1.42. The molecule has 3 N–H and O–H groups in total. The van der Waals surface area contributed by atoms with Crippen molar-refractivity contribution in [3.05, 3.63) is 56.9 Å². The molecular formula is C18H18FN3O4S. The zero-order valence-corrected chi connectivity index (χ0v) is 15.5. The highest BCUT2D eigenvalue weighted by Gasteiger charge is 2.23. The van der Waals surface area contributed by atoms with Crippen molar-refractivity contribution in [1.29, 1.82) is 0 Å². The lowest BCUT2D eigenvalue weighted by Crippen LogP contribution is -2.29. The number of aliphatic hydroxyl groups excluding tert-OH is 1. The van der Waals surface area contributed by atoms with Gasteiger partial charge in [0.1, 0.15) is 17.2 Å². The number of halogens is 1. The van der Waals surface area contributed by atoms with Crippen LogP contribution < -0.4 is 16.4 Å². The lowest BCUT2D eigenvalue weighted by Gasteiger charge is -2.17. The number of thiophene rings is 1. The van der Waals surface area contributed by atoms with Crippen LogP contribution in [0, 0.1) is 12.7 Å². The molecule has 7 nitrogen and oxygen atoms in total. The fourth-order valence-electron chi connectivity index (χ4n) is 2.65. The molecule has 0 aliphatic rings. The SMILES string of the molecule is Cc1ccc(Nc2c(C(=O)NOCCO)c3sccc3c(=O)n2C)c(F)c1.